The summed E-state index contributed by atoms with van der Waals surface area (Å²) >= 11 is 0. The Kier molecular flexibility index (Phi) is 9.23. The average molecular weight is 908 g/mol. The number of fused-ring (bicyclic) bond motifs is 9. The largest absolute Gasteiger partial charge is 0.307 e. The molecule has 0 radical (unpaired) electrons. The van der Waals surface area contributed by atoms with E-state index >= 15 is 0 Å². The molecule has 0 amide bonds. The molecular formula is C66H45N3Si. The van der Waals surface area contributed by atoms with Gasteiger partial charge < -0.3 is 13.7 Å². The van der Waals surface area contributed by atoms with Crippen molar-refractivity contribution in [1.29, 1.82) is 0 Å². The van der Waals surface area contributed by atoms with E-state index in [1.54, 1.807) is 0 Å². The average Bonchev–Trinajstić information content (AvgIpc) is 4.08. The first-order valence-corrected chi connectivity index (χ1v) is 26.2. The van der Waals surface area contributed by atoms with Crippen molar-refractivity contribution in [1.82, 2.24) is 13.7 Å². The lowest BCUT2D eigenvalue weighted by Crippen LogP contribution is -2.74. The van der Waals surface area contributed by atoms with Crippen molar-refractivity contribution in [3.63, 3.8) is 0 Å². The molecule has 4 heteroatoms. The van der Waals surface area contributed by atoms with Crippen molar-refractivity contribution >= 4 is 94.2 Å². The highest BCUT2D eigenvalue weighted by Crippen LogP contribution is 2.43. The summed E-state index contributed by atoms with van der Waals surface area (Å²) in [6.07, 6.45) is 0. The fraction of sp³-hybridized carbons (Fsp3) is 0. The van der Waals surface area contributed by atoms with Crippen LogP contribution in [0.4, 0.5) is 0 Å². The van der Waals surface area contributed by atoms with E-state index in [4.69, 9.17) is 0 Å². The van der Waals surface area contributed by atoms with Crippen LogP contribution in [0.2, 0.25) is 0 Å². The molecule has 3 aromatic heterocycles. The normalized spacial score (nSPS) is 12.0. The van der Waals surface area contributed by atoms with Crippen molar-refractivity contribution < 1.29 is 0 Å². The van der Waals surface area contributed by atoms with Gasteiger partial charge in [0.05, 0.1) is 44.5 Å². The van der Waals surface area contributed by atoms with Crippen molar-refractivity contribution in [2.45, 2.75) is 0 Å². The molecule has 70 heavy (non-hydrogen) atoms. The molecule has 0 spiro atoms. The summed E-state index contributed by atoms with van der Waals surface area (Å²) in [5.41, 5.74) is 12.8. The van der Waals surface area contributed by atoms with Crippen molar-refractivity contribution in [3.8, 4) is 28.2 Å². The summed E-state index contributed by atoms with van der Waals surface area (Å²) < 4.78 is 7.59. The molecule has 0 aliphatic rings. The van der Waals surface area contributed by atoms with E-state index < -0.39 is 8.07 Å². The van der Waals surface area contributed by atoms with Crippen LogP contribution in [-0.2, 0) is 0 Å². The molecule has 0 N–H and O–H groups in total. The van der Waals surface area contributed by atoms with Gasteiger partial charge in [-0.05, 0) is 80.4 Å². The van der Waals surface area contributed by atoms with Crippen LogP contribution in [0.5, 0.6) is 0 Å². The van der Waals surface area contributed by atoms with E-state index in [0.29, 0.717) is 0 Å². The van der Waals surface area contributed by atoms with E-state index in [9.17, 15) is 0 Å². The zero-order valence-corrected chi connectivity index (χ0v) is 39.3. The van der Waals surface area contributed by atoms with Crippen LogP contribution in [0.15, 0.2) is 273 Å². The second-order valence-corrected chi connectivity index (χ2v) is 22.2. The summed E-state index contributed by atoms with van der Waals surface area (Å²) in [5, 5.41) is 12.8. The summed E-state index contributed by atoms with van der Waals surface area (Å²) in [4.78, 5) is 0. The lowest BCUT2D eigenvalue weighted by molar-refractivity contribution is 1.11. The topological polar surface area (TPSA) is 14.8 Å². The molecule has 3 heterocycles. The van der Waals surface area contributed by atoms with Crippen LogP contribution in [-0.4, -0.2) is 21.8 Å². The summed E-state index contributed by atoms with van der Waals surface area (Å²) in [6, 6.07) is 101. The predicted octanol–water partition coefficient (Wildman–Crippen LogP) is 14.0. The van der Waals surface area contributed by atoms with E-state index in [1.807, 2.05) is 0 Å². The maximum Gasteiger partial charge on any atom is 0.179 e. The van der Waals surface area contributed by atoms with Crippen LogP contribution in [0.25, 0.3) is 93.6 Å². The molecule has 0 bridgehead atoms. The van der Waals surface area contributed by atoms with Gasteiger partial charge in [-0.2, -0.15) is 0 Å². The molecule has 0 atom stereocenters. The minimum Gasteiger partial charge on any atom is -0.307 e. The van der Waals surface area contributed by atoms with Gasteiger partial charge in [-0.1, -0.05) is 224 Å². The lowest BCUT2D eigenvalue weighted by Gasteiger charge is -2.34. The minimum absolute atomic E-state index is 1.10. The summed E-state index contributed by atoms with van der Waals surface area (Å²) in [6.45, 7) is 0. The van der Waals surface area contributed by atoms with Crippen LogP contribution in [0, 0.1) is 0 Å². The molecular weight excluding hydrogens is 863 g/mol. The van der Waals surface area contributed by atoms with Gasteiger partial charge in [0.15, 0.2) is 8.07 Å². The number of rotatable bonds is 8. The highest BCUT2D eigenvalue weighted by molar-refractivity contribution is 7.20. The van der Waals surface area contributed by atoms with Crippen molar-refractivity contribution in [2.24, 2.45) is 0 Å². The first-order chi connectivity index (χ1) is 34.8. The monoisotopic (exact) mass is 907 g/mol. The van der Waals surface area contributed by atoms with Gasteiger partial charge in [-0.3, -0.25) is 0 Å². The van der Waals surface area contributed by atoms with E-state index in [2.05, 4.69) is 287 Å². The van der Waals surface area contributed by atoms with Gasteiger partial charge in [-0.25, -0.2) is 0 Å². The quantitative estimate of drug-likeness (QED) is 0.107. The second-order valence-electron chi connectivity index (χ2n) is 18.4. The molecule has 11 aromatic carbocycles. The fourth-order valence-corrected chi connectivity index (χ4v) is 16.6. The first-order valence-electron chi connectivity index (χ1n) is 24.2. The molecule has 0 saturated carbocycles. The van der Waals surface area contributed by atoms with Gasteiger partial charge in [0.2, 0.25) is 0 Å². The maximum absolute atomic E-state index is 2.87. The Hall–Kier alpha value is -8.96. The number of benzene rings is 11. The SMILES string of the molecule is c1ccc(-c2ccc(-n3c4c(-n5c6ccccc6c6ccccc65)cccc4c4cccc(-n5c6ccccc6c6ccc([Si](c7ccccc7)(c7ccccc7)c7ccccc7)cc65)c43)cc2)cc1. The third-order valence-electron chi connectivity index (χ3n) is 14.8. The Morgan fingerprint density at radius 2 is 0.600 bits per heavy atom. The van der Waals surface area contributed by atoms with Crippen molar-refractivity contribution in [3.05, 3.63) is 273 Å². The molecule has 0 aliphatic heterocycles. The second kappa shape index (κ2) is 16.1. The summed E-state index contributed by atoms with van der Waals surface area (Å²) in [5.74, 6) is 0. The lowest BCUT2D eigenvalue weighted by atomic mass is 10.1. The van der Waals surface area contributed by atoms with E-state index in [-0.39, 0.29) is 0 Å². The predicted molar refractivity (Wildman–Crippen MR) is 299 cm³/mol. The third-order valence-corrected chi connectivity index (χ3v) is 19.6. The van der Waals surface area contributed by atoms with Gasteiger partial charge in [0, 0.05) is 38.0 Å². The number of hydrogen-bond donors (Lipinski definition) is 0. The Morgan fingerprint density at radius 1 is 0.229 bits per heavy atom. The smallest absolute Gasteiger partial charge is 0.179 e. The molecule has 0 unspecified atom stereocenters. The molecule has 3 nitrogen and oxygen atoms in total. The molecule has 0 saturated heterocycles. The molecule has 14 rings (SSSR count). The minimum atomic E-state index is -2.87. The van der Waals surface area contributed by atoms with Crippen LogP contribution < -0.4 is 20.7 Å². The number of nitrogens with zero attached hydrogens (tertiary/aromatic N) is 3. The van der Waals surface area contributed by atoms with Crippen LogP contribution in [0.1, 0.15) is 0 Å². The Bertz CT molecular complexity index is 4110. The zero-order valence-electron chi connectivity index (χ0n) is 38.3. The van der Waals surface area contributed by atoms with Gasteiger partial charge in [0.1, 0.15) is 0 Å². The summed E-state index contributed by atoms with van der Waals surface area (Å²) in [7, 11) is -2.87. The highest BCUT2D eigenvalue weighted by Gasteiger charge is 2.41. The highest BCUT2D eigenvalue weighted by atomic mass is 28.3. The molecule has 0 fully saturated rings. The van der Waals surface area contributed by atoms with E-state index in [1.165, 1.54) is 86.3 Å². The molecule has 328 valence electrons. The van der Waals surface area contributed by atoms with Crippen molar-refractivity contribution in [2.75, 3.05) is 0 Å². The molecule has 14 aromatic rings. The molecule has 0 aliphatic carbocycles. The number of hydrogen-bond acceptors (Lipinski definition) is 0. The van der Waals surface area contributed by atoms with Crippen LogP contribution >= 0.6 is 0 Å². The van der Waals surface area contributed by atoms with Crippen LogP contribution in [0.3, 0.4) is 0 Å². The van der Waals surface area contributed by atoms with Gasteiger partial charge in [-0.15, -0.1) is 0 Å². The Labute approximate surface area is 407 Å². The van der Waals surface area contributed by atoms with E-state index in [0.717, 1.165) is 28.1 Å². The standard InChI is InChI=1S/C66H45N3Si/c1-5-21-46(22-6-1)47-39-41-48(42-40-47)67-65-57(32-19-37-62(65)68-59-34-16-13-29-53(59)54-30-14-17-35-60(54)68)58-33-20-38-63(66(58)67)69-61-36-18-15-31-55(61)56-44-43-52(45-64(56)69)70(49-23-7-2-8-24-49,50-25-9-3-10-26-50)51-27-11-4-12-28-51/h1-45H. The van der Waals surface area contributed by atoms with Gasteiger partial charge in [0.25, 0.3) is 0 Å². The number of aromatic nitrogens is 3. The zero-order chi connectivity index (χ0) is 46.2. The van der Waals surface area contributed by atoms with Gasteiger partial charge >= 0.3 is 0 Å². The Balaban J connectivity index is 1.12. The first kappa shape index (κ1) is 40.1. The number of para-hydroxylation sites is 5. The maximum atomic E-state index is 2.56. The third kappa shape index (κ3) is 5.94. The fourth-order valence-electron chi connectivity index (χ4n) is 11.8. The Morgan fingerprint density at radius 3 is 1.07 bits per heavy atom.